The van der Waals surface area contributed by atoms with E-state index in [-0.39, 0.29) is 0 Å². The minimum absolute atomic E-state index is 0.436. The van der Waals surface area contributed by atoms with Crippen LogP contribution in [0.15, 0.2) is 60.7 Å². The van der Waals surface area contributed by atoms with Gasteiger partial charge >= 0.3 is 0 Å². The fourth-order valence-corrected chi connectivity index (χ4v) is 2.52. The molecule has 0 amide bonds. The average molecular weight is 297 g/mol. The zero-order valence-corrected chi connectivity index (χ0v) is 12.0. The van der Waals surface area contributed by atoms with Crippen molar-refractivity contribution < 1.29 is 9.53 Å². The Bertz CT molecular complexity index is 796. The van der Waals surface area contributed by atoms with E-state index in [0.717, 1.165) is 28.4 Å². The van der Waals surface area contributed by atoms with E-state index in [1.165, 1.54) is 0 Å². The van der Waals surface area contributed by atoms with Crippen LogP contribution in [0.2, 0.25) is 5.02 Å². The van der Waals surface area contributed by atoms with Gasteiger partial charge in [-0.3, -0.25) is 4.79 Å². The molecule has 21 heavy (non-hydrogen) atoms. The van der Waals surface area contributed by atoms with Crippen molar-refractivity contribution in [1.82, 2.24) is 0 Å². The number of hydrogen-bond donors (Lipinski definition) is 0. The molecule has 0 radical (unpaired) electrons. The predicted molar refractivity (Wildman–Crippen MR) is 85.1 cm³/mol. The summed E-state index contributed by atoms with van der Waals surface area (Å²) in [6.45, 7) is 0.436. The number of halogens is 1. The number of ether oxygens (including phenoxy) is 1. The first-order chi connectivity index (χ1) is 10.3. The number of carbonyl (C=O) groups is 1. The second-order valence-corrected chi connectivity index (χ2v) is 5.17. The Morgan fingerprint density at radius 2 is 1.76 bits per heavy atom. The van der Waals surface area contributed by atoms with Crippen LogP contribution in [0, 0.1) is 0 Å². The first kappa shape index (κ1) is 13.7. The zero-order valence-electron chi connectivity index (χ0n) is 11.3. The smallest absolute Gasteiger partial charge is 0.150 e. The largest absolute Gasteiger partial charge is 0.488 e. The molecule has 0 spiro atoms. The van der Waals surface area contributed by atoms with Gasteiger partial charge in [0.2, 0.25) is 0 Å². The molecule has 0 atom stereocenters. The molecule has 3 heteroatoms. The Kier molecular flexibility index (Phi) is 3.89. The molecule has 3 aromatic carbocycles. The lowest BCUT2D eigenvalue weighted by Gasteiger charge is -2.11. The lowest BCUT2D eigenvalue weighted by Crippen LogP contribution is -1.97. The molecule has 0 aromatic heterocycles. The van der Waals surface area contributed by atoms with E-state index in [9.17, 15) is 4.79 Å². The molecule has 0 bridgehead atoms. The highest BCUT2D eigenvalue weighted by atomic mass is 35.5. The molecule has 0 aliphatic rings. The molecule has 104 valence electrons. The molecule has 0 aliphatic heterocycles. The van der Waals surface area contributed by atoms with Crippen LogP contribution in [-0.2, 0) is 6.61 Å². The summed E-state index contributed by atoms with van der Waals surface area (Å²) in [4.78, 5) is 11.1. The van der Waals surface area contributed by atoms with Crippen LogP contribution in [0.4, 0.5) is 0 Å². The number of hydrogen-bond acceptors (Lipinski definition) is 2. The standard InChI is InChI=1S/C18H13ClO2/c19-15-5-3-4-13(10-15)12-21-18-9-8-14(11-20)16-6-1-2-7-17(16)18/h1-11H,12H2. The number of rotatable bonds is 4. The Labute approximate surface area is 127 Å². The Hall–Kier alpha value is -2.32. The normalized spacial score (nSPS) is 10.5. The van der Waals surface area contributed by atoms with E-state index in [4.69, 9.17) is 16.3 Å². The molecule has 2 nitrogen and oxygen atoms in total. The molecule has 0 heterocycles. The second-order valence-electron chi connectivity index (χ2n) is 4.73. The molecule has 0 N–H and O–H groups in total. The molecule has 3 aromatic rings. The van der Waals surface area contributed by atoms with E-state index in [0.29, 0.717) is 17.2 Å². The van der Waals surface area contributed by atoms with E-state index in [1.807, 2.05) is 54.6 Å². The molecular weight excluding hydrogens is 284 g/mol. The molecule has 0 saturated carbocycles. The van der Waals surface area contributed by atoms with Crippen molar-refractivity contribution in [3.05, 3.63) is 76.8 Å². The Balaban J connectivity index is 1.92. The Morgan fingerprint density at radius 1 is 0.952 bits per heavy atom. The summed E-state index contributed by atoms with van der Waals surface area (Å²) in [5.41, 5.74) is 1.67. The van der Waals surface area contributed by atoms with Crippen LogP contribution < -0.4 is 4.74 Å². The third-order valence-corrected chi connectivity index (χ3v) is 3.56. The van der Waals surface area contributed by atoms with Crippen LogP contribution in [0.25, 0.3) is 10.8 Å². The second kappa shape index (κ2) is 5.98. The van der Waals surface area contributed by atoms with Crippen LogP contribution in [0.3, 0.4) is 0 Å². The lowest BCUT2D eigenvalue weighted by atomic mass is 10.0. The quantitative estimate of drug-likeness (QED) is 0.641. The van der Waals surface area contributed by atoms with Gasteiger partial charge in [0.15, 0.2) is 6.29 Å². The summed E-state index contributed by atoms with van der Waals surface area (Å²) in [5.74, 6) is 0.760. The summed E-state index contributed by atoms with van der Waals surface area (Å²) in [7, 11) is 0. The van der Waals surface area contributed by atoms with E-state index >= 15 is 0 Å². The fraction of sp³-hybridized carbons (Fsp3) is 0.0556. The van der Waals surface area contributed by atoms with Gasteiger partial charge in [-0.1, -0.05) is 48.0 Å². The maximum absolute atomic E-state index is 11.1. The van der Waals surface area contributed by atoms with E-state index < -0.39 is 0 Å². The van der Waals surface area contributed by atoms with Crippen molar-refractivity contribution in [2.75, 3.05) is 0 Å². The highest BCUT2D eigenvalue weighted by Crippen LogP contribution is 2.28. The zero-order chi connectivity index (χ0) is 14.7. The first-order valence-electron chi connectivity index (χ1n) is 6.62. The van der Waals surface area contributed by atoms with Crippen molar-refractivity contribution in [2.45, 2.75) is 6.61 Å². The maximum Gasteiger partial charge on any atom is 0.150 e. The van der Waals surface area contributed by atoms with Gasteiger partial charge in [-0.25, -0.2) is 0 Å². The molecule has 0 unspecified atom stereocenters. The van der Waals surface area contributed by atoms with Gasteiger partial charge in [0, 0.05) is 16.0 Å². The summed E-state index contributed by atoms with van der Waals surface area (Å²) < 4.78 is 5.89. The van der Waals surface area contributed by atoms with Gasteiger partial charge in [-0.15, -0.1) is 0 Å². The van der Waals surface area contributed by atoms with Crippen LogP contribution in [0.5, 0.6) is 5.75 Å². The Morgan fingerprint density at radius 3 is 2.52 bits per heavy atom. The summed E-state index contributed by atoms with van der Waals surface area (Å²) in [6.07, 6.45) is 0.864. The number of aldehydes is 1. The van der Waals surface area contributed by atoms with E-state index in [2.05, 4.69) is 0 Å². The first-order valence-corrected chi connectivity index (χ1v) is 7.00. The van der Waals surface area contributed by atoms with Gasteiger partial charge in [0.25, 0.3) is 0 Å². The van der Waals surface area contributed by atoms with Gasteiger partial charge in [0.05, 0.1) is 0 Å². The minimum atomic E-state index is 0.436. The molecule has 0 fully saturated rings. The van der Waals surface area contributed by atoms with Crippen molar-refractivity contribution >= 4 is 28.7 Å². The number of fused-ring (bicyclic) bond motifs is 1. The average Bonchev–Trinajstić information content (AvgIpc) is 2.52. The number of benzene rings is 3. The number of carbonyl (C=O) groups excluding carboxylic acids is 1. The molecule has 3 rings (SSSR count). The molecule has 0 aliphatic carbocycles. The van der Waals surface area contributed by atoms with Crippen molar-refractivity contribution in [1.29, 1.82) is 0 Å². The monoisotopic (exact) mass is 296 g/mol. The highest BCUT2D eigenvalue weighted by Gasteiger charge is 2.06. The van der Waals surface area contributed by atoms with Gasteiger partial charge < -0.3 is 4.74 Å². The summed E-state index contributed by atoms with van der Waals surface area (Å²) in [6, 6.07) is 18.9. The van der Waals surface area contributed by atoms with Gasteiger partial charge in [0.1, 0.15) is 12.4 Å². The van der Waals surface area contributed by atoms with Crippen molar-refractivity contribution in [2.24, 2.45) is 0 Å². The topological polar surface area (TPSA) is 26.3 Å². The predicted octanol–water partition coefficient (Wildman–Crippen LogP) is 4.88. The molecule has 0 saturated heterocycles. The van der Waals surface area contributed by atoms with Crippen molar-refractivity contribution in [3.63, 3.8) is 0 Å². The SMILES string of the molecule is O=Cc1ccc(OCc2cccc(Cl)c2)c2ccccc12. The maximum atomic E-state index is 11.1. The van der Waals surface area contributed by atoms with E-state index in [1.54, 1.807) is 6.07 Å². The third kappa shape index (κ3) is 2.91. The lowest BCUT2D eigenvalue weighted by molar-refractivity contribution is 0.112. The fourth-order valence-electron chi connectivity index (χ4n) is 2.31. The highest BCUT2D eigenvalue weighted by molar-refractivity contribution is 6.30. The van der Waals surface area contributed by atoms with Gasteiger partial charge in [-0.2, -0.15) is 0 Å². The third-order valence-electron chi connectivity index (χ3n) is 3.33. The summed E-state index contributed by atoms with van der Waals surface area (Å²) >= 11 is 5.97. The minimum Gasteiger partial charge on any atom is -0.488 e. The molecular formula is C18H13ClO2. The van der Waals surface area contributed by atoms with Crippen LogP contribution >= 0.6 is 11.6 Å². The van der Waals surface area contributed by atoms with Gasteiger partial charge in [-0.05, 0) is 35.2 Å². The van der Waals surface area contributed by atoms with Crippen molar-refractivity contribution in [3.8, 4) is 5.75 Å². The van der Waals surface area contributed by atoms with Crippen LogP contribution in [0.1, 0.15) is 15.9 Å². The summed E-state index contributed by atoms with van der Waals surface area (Å²) in [5, 5.41) is 2.53. The van der Waals surface area contributed by atoms with Crippen LogP contribution in [-0.4, -0.2) is 6.29 Å².